The second-order valence-electron chi connectivity index (χ2n) is 4.61. The molecule has 0 aliphatic rings. The Bertz CT molecular complexity index is 407. The average Bonchev–Trinajstić information content (AvgIpc) is 2.38. The van der Waals surface area contributed by atoms with E-state index in [1.54, 1.807) is 18.3 Å². The third-order valence-electron chi connectivity index (χ3n) is 2.65. The molecule has 106 valence electrons. The topological polar surface area (TPSA) is 71.5 Å². The van der Waals surface area contributed by atoms with Crippen molar-refractivity contribution >= 4 is 5.91 Å². The van der Waals surface area contributed by atoms with E-state index in [4.69, 9.17) is 9.84 Å². The van der Waals surface area contributed by atoms with E-state index < -0.39 is 0 Å². The molecule has 2 N–H and O–H groups in total. The van der Waals surface area contributed by atoms with Crippen LogP contribution in [0.4, 0.5) is 0 Å². The molecule has 0 aliphatic heterocycles. The first-order valence-corrected chi connectivity index (χ1v) is 6.61. The molecule has 5 nitrogen and oxygen atoms in total. The SMILES string of the molecule is CCC(CCO)NC(=O)c1ncccc1OC(C)C. The Kier molecular flexibility index (Phi) is 6.29. The van der Waals surface area contributed by atoms with Gasteiger partial charge in [-0.05, 0) is 38.8 Å². The molecule has 1 aromatic heterocycles. The third-order valence-corrected chi connectivity index (χ3v) is 2.65. The van der Waals surface area contributed by atoms with Gasteiger partial charge in [0, 0.05) is 18.8 Å². The van der Waals surface area contributed by atoms with Crippen LogP contribution in [0.1, 0.15) is 44.1 Å². The van der Waals surface area contributed by atoms with E-state index in [9.17, 15) is 4.79 Å². The summed E-state index contributed by atoms with van der Waals surface area (Å²) in [7, 11) is 0. The highest BCUT2D eigenvalue weighted by molar-refractivity contribution is 5.95. The van der Waals surface area contributed by atoms with Gasteiger partial charge in [0.1, 0.15) is 0 Å². The minimum atomic E-state index is -0.267. The number of carbonyl (C=O) groups is 1. The van der Waals surface area contributed by atoms with E-state index >= 15 is 0 Å². The zero-order valence-corrected chi connectivity index (χ0v) is 11.7. The standard InChI is InChI=1S/C14H22N2O3/c1-4-11(7-9-17)16-14(18)13-12(19-10(2)3)6-5-8-15-13/h5-6,8,10-11,17H,4,7,9H2,1-3H3,(H,16,18). The molecule has 1 heterocycles. The predicted octanol–water partition coefficient (Wildman–Crippen LogP) is 1.76. The zero-order chi connectivity index (χ0) is 14.3. The number of nitrogens with zero attached hydrogens (tertiary/aromatic N) is 1. The van der Waals surface area contributed by atoms with Crippen molar-refractivity contribution in [3.63, 3.8) is 0 Å². The van der Waals surface area contributed by atoms with Crippen molar-refractivity contribution in [3.8, 4) is 5.75 Å². The molecule has 0 bridgehead atoms. The number of nitrogens with one attached hydrogen (secondary N) is 1. The van der Waals surface area contributed by atoms with Crippen LogP contribution in [0.5, 0.6) is 5.75 Å². The van der Waals surface area contributed by atoms with Crippen LogP contribution in [0.25, 0.3) is 0 Å². The van der Waals surface area contributed by atoms with Crippen LogP contribution >= 0.6 is 0 Å². The van der Waals surface area contributed by atoms with E-state index in [2.05, 4.69) is 10.3 Å². The van der Waals surface area contributed by atoms with Gasteiger partial charge in [-0.3, -0.25) is 4.79 Å². The Labute approximate surface area is 114 Å². The summed E-state index contributed by atoms with van der Waals surface area (Å²) in [5.74, 6) is 0.213. The molecule has 0 radical (unpaired) electrons. The van der Waals surface area contributed by atoms with Crippen LogP contribution < -0.4 is 10.1 Å². The molecular weight excluding hydrogens is 244 g/mol. The minimum Gasteiger partial charge on any atom is -0.489 e. The van der Waals surface area contributed by atoms with E-state index in [0.717, 1.165) is 6.42 Å². The molecule has 0 fully saturated rings. The van der Waals surface area contributed by atoms with Gasteiger partial charge in [-0.2, -0.15) is 0 Å². The molecule has 0 saturated heterocycles. The Morgan fingerprint density at radius 2 is 2.26 bits per heavy atom. The second kappa shape index (κ2) is 7.74. The van der Waals surface area contributed by atoms with Crippen molar-refractivity contribution in [2.24, 2.45) is 0 Å². The summed E-state index contributed by atoms with van der Waals surface area (Å²) < 4.78 is 5.57. The monoisotopic (exact) mass is 266 g/mol. The number of aliphatic hydroxyl groups excluding tert-OH is 1. The van der Waals surface area contributed by atoms with Crippen LogP contribution in [-0.2, 0) is 0 Å². The fourth-order valence-electron chi connectivity index (χ4n) is 1.70. The lowest BCUT2D eigenvalue weighted by Crippen LogP contribution is -2.35. The van der Waals surface area contributed by atoms with Gasteiger partial charge in [-0.1, -0.05) is 6.92 Å². The number of pyridine rings is 1. The number of carbonyl (C=O) groups excluding carboxylic acids is 1. The molecule has 5 heteroatoms. The summed E-state index contributed by atoms with van der Waals surface area (Å²) >= 11 is 0. The Morgan fingerprint density at radius 1 is 1.53 bits per heavy atom. The fourth-order valence-corrected chi connectivity index (χ4v) is 1.70. The van der Waals surface area contributed by atoms with Crippen LogP contribution in [0, 0.1) is 0 Å². The average molecular weight is 266 g/mol. The number of amides is 1. The van der Waals surface area contributed by atoms with E-state index in [1.165, 1.54) is 0 Å². The van der Waals surface area contributed by atoms with Crippen molar-refractivity contribution in [1.29, 1.82) is 0 Å². The summed E-state index contributed by atoms with van der Waals surface area (Å²) in [6.45, 7) is 5.81. The predicted molar refractivity (Wildman–Crippen MR) is 73.2 cm³/mol. The maximum atomic E-state index is 12.2. The molecule has 0 saturated carbocycles. The van der Waals surface area contributed by atoms with Gasteiger partial charge in [0.15, 0.2) is 11.4 Å². The maximum absolute atomic E-state index is 12.2. The van der Waals surface area contributed by atoms with E-state index in [0.29, 0.717) is 12.2 Å². The lowest BCUT2D eigenvalue weighted by molar-refractivity contribution is 0.0917. The smallest absolute Gasteiger partial charge is 0.273 e. The quantitative estimate of drug-likeness (QED) is 0.789. The maximum Gasteiger partial charge on any atom is 0.273 e. The first kappa shape index (κ1) is 15.4. The first-order chi connectivity index (χ1) is 9.08. The highest BCUT2D eigenvalue weighted by Gasteiger charge is 2.17. The van der Waals surface area contributed by atoms with Crippen molar-refractivity contribution in [1.82, 2.24) is 10.3 Å². The van der Waals surface area contributed by atoms with Gasteiger partial charge in [0.2, 0.25) is 0 Å². The Morgan fingerprint density at radius 3 is 2.84 bits per heavy atom. The third kappa shape index (κ3) is 4.87. The summed E-state index contributed by atoms with van der Waals surface area (Å²) in [6.07, 6.45) is 2.85. The van der Waals surface area contributed by atoms with Gasteiger partial charge in [-0.25, -0.2) is 4.98 Å². The number of aliphatic hydroxyl groups is 1. The normalized spacial score (nSPS) is 12.3. The number of aromatic nitrogens is 1. The zero-order valence-electron chi connectivity index (χ0n) is 11.7. The van der Waals surface area contributed by atoms with Gasteiger partial charge in [0.25, 0.3) is 5.91 Å². The number of hydrogen-bond acceptors (Lipinski definition) is 4. The lowest BCUT2D eigenvalue weighted by atomic mass is 10.1. The molecule has 0 spiro atoms. The Balaban J connectivity index is 2.81. The molecule has 0 aromatic carbocycles. The van der Waals surface area contributed by atoms with Crippen LogP contribution in [0.2, 0.25) is 0 Å². The molecule has 19 heavy (non-hydrogen) atoms. The number of hydrogen-bond donors (Lipinski definition) is 2. The molecule has 1 unspecified atom stereocenters. The van der Waals surface area contributed by atoms with Crippen molar-refractivity contribution in [2.45, 2.75) is 45.8 Å². The van der Waals surface area contributed by atoms with Gasteiger partial charge in [-0.15, -0.1) is 0 Å². The van der Waals surface area contributed by atoms with Crippen molar-refractivity contribution in [2.75, 3.05) is 6.61 Å². The minimum absolute atomic E-state index is 0.0184. The molecule has 1 aromatic rings. The fraction of sp³-hybridized carbons (Fsp3) is 0.571. The first-order valence-electron chi connectivity index (χ1n) is 6.61. The number of ether oxygens (including phenoxy) is 1. The highest BCUT2D eigenvalue weighted by atomic mass is 16.5. The summed E-state index contributed by atoms with van der Waals surface area (Å²) in [6, 6.07) is 3.42. The van der Waals surface area contributed by atoms with Gasteiger partial charge in [0.05, 0.1) is 6.10 Å². The lowest BCUT2D eigenvalue weighted by Gasteiger charge is -2.17. The van der Waals surface area contributed by atoms with Crippen LogP contribution in [0.3, 0.4) is 0 Å². The van der Waals surface area contributed by atoms with Crippen molar-refractivity contribution in [3.05, 3.63) is 24.0 Å². The van der Waals surface area contributed by atoms with Crippen LogP contribution in [-0.4, -0.2) is 34.8 Å². The van der Waals surface area contributed by atoms with E-state index in [-0.39, 0.29) is 30.4 Å². The highest BCUT2D eigenvalue weighted by Crippen LogP contribution is 2.17. The summed E-state index contributed by atoms with van der Waals surface area (Å²) in [5.41, 5.74) is 0.285. The molecular formula is C14H22N2O3. The Hall–Kier alpha value is -1.62. The van der Waals surface area contributed by atoms with Crippen LogP contribution in [0.15, 0.2) is 18.3 Å². The van der Waals surface area contributed by atoms with E-state index in [1.807, 2.05) is 20.8 Å². The van der Waals surface area contributed by atoms with Gasteiger partial charge < -0.3 is 15.2 Å². The second-order valence-corrected chi connectivity index (χ2v) is 4.61. The van der Waals surface area contributed by atoms with Gasteiger partial charge >= 0.3 is 0 Å². The summed E-state index contributed by atoms with van der Waals surface area (Å²) in [5, 5.41) is 11.8. The molecule has 1 rings (SSSR count). The largest absolute Gasteiger partial charge is 0.489 e. The molecule has 1 amide bonds. The summed E-state index contributed by atoms with van der Waals surface area (Å²) in [4.78, 5) is 16.2. The molecule has 0 aliphatic carbocycles. The molecule has 1 atom stereocenters. The number of rotatable bonds is 7. The van der Waals surface area contributed by atoms with Crippen molar-refractivity contribution < 1.29 is 14.6 Å².